The molecule has 1 aliphatic rings. The van der Waals surface area contributed by atoms with Gasteiger partial charge in [0.2, 0.25) is 0 Å². The summed E-state index contributed by atoms with van der Waals surface area (Å²) in [6.45, 7) is 5.35. The van der Waals surface area contributed by atoms with Gasteiger partial charge in [0.15, 0.2) is 5.65 Å². The highest BCUT2D eigenvalue weighted by molar-refractivity contribution is 5.86. The standard InChI is InChI=1S/C12H16FN5/c1-12(2)3-8(13)5-18(6-12)11-9-4-16-17-10(9)14-7-15-11/h4,7-8H,3,5-6H2,1-2H3,(H,14,15,16,17). The van der Waals surface area contributed by atoms with E-state index in [4.69, 9.17) is 0 Å². The quantitative estimate of drug-likeness (QED) is 0.839. The van der Waals surface area contributed by atoms with Crippen LogP contribution in [0.25, 0.3) is 11.0 Å². The first-order valence-corrected chi connectivity index (χ1v) is 6.08. The Morgan fingerprint density at radius 1 is 1.44 bits per heavy atom. The monoisotopic (exact) mass is 249 g/mol. The molecule has 1 aliphatic heterocycles. The van der Waals surface area contributed by atoms with E-state index in [0.29, 0.717) is 18.6 Å². The summed E-state index contributed by atoms with van der Waals surface area (Å²) in [6.07, 6.45) is 2.97. The van der Waals surface area contributed by atoms with Crippen LogP contribution < -0.4 is 4.90 Å². The normalized spacial score (nSPS) is 23.5. The van der Waals surface area contributed by atoms with Crippen molar-refractivity contribution >= 4 is 16.9 Å². The number of aromatic nitrogens is 4. The number of alkyl halides is 1. The van der Waals surface area contributed by atoms with E-state index in [1.165, 1.54) is 6.33 Å². The summed E-state index contributed by atoms with van der Waals surface area (Å²) in [5.41, 5.74) is 0.650. The maximum Gasteiger partial charge on any atom is 0.160 e. The Hall–Kier alpha value is -1.72. The van der Waals surface area contributed by atoms with Gasteiger partial charge in [-0.05, 0) is 11.8 Å². The molecular formula is C12H16FN5. The van der Waals surface area contributed by atoms with Gasteiger partial charge in [-0.15, -0.1) is 0 Å². The molecule has 1 atom stereocenters. The average Bonchev–Trinajstić information content (AvgIpc) is 2.73. The third kappa shape index (κ3) is 1.91. The highest BCUT2D eigenvalue weighted by atomic mass is 19.1. The molecule has 3 rings (SSSR count). The number of nitrogens with zero attached hydrogens (tertiary/aromatic N) is 4. The lowest BCUT2D eigenvalue weighted by molar-refractivity contribution is 0.177. The molecule has 0 bridgehead atoms. The number of anilines is 1. The minimum atomic E-state index is -0.814. The summed E-state index contributed by atoms with van der Waals surface area (Å²) in [5, 5.41) is 7.62. The van der Waals surface area contributed by atoms with Gasteiger partial charge < -0.3 is 4.90 Å². The highest BCUT2D eigenvalue weighted by Gasteiger charge is 2.34. The zero-order chi connectivity index (χ0) is 12.8. The van der Waals surface area contributed by atoms with Gasteiger partial charge in [0, 0.05) is 6.54 Å². The summed E-state index contributed by atoms with van der Waals surface area (Å²) in [4.78, 5) is 10.4. The molecule has 1 N–H and O–H groups in total. The molecule has 2 aromatic heterocycles. The minimum Gasteiger partial charge on any atom is -0.352 e. The fraction of sp³-hybridized carbons (Fsp3) is 0.583. The molecule has 0 aliphatic carbocycles. The van der Waals surface area contributed by atoms with Gasteiger partial charge in [0.25, 0.3) is 0 Å². The number of piperidine rings is 1. The maximum absolute atomic E-state index is 13.8. The fourth-order valence-electron chi connectivity index (χ4n) is 2.71. The molecule has 3 heterocycles. The number of fused-ring (bicyclic) bond motifs is 1. The summed E-state index contributed by atoms with van der Waals surface area (Å²) < 4.78 is 13.8. The number of rotatable bonds is 1. The van der Waals surface area contributed by atoms with Crippen molar-refractivity contribution in [2.75, 3.05) is 18.0 Å². The third-order valence-electron chi connectivity index (χ3n) is 3.34. The van der Waals surface area contributed by atoms with E-state index in [2.05, 4.69) is 34.0 Å². The molecule has 0 amide bonds. The van der Waals surface area contributed by atoms with E-state index in [1.54, 1.807) is 6.20 Å². The molecule has 5 nitrogen and oxygen atoms in total. The second-order valence-electron chi connectivity index (χ2n) is 5.68. The molecule has 1 saturated heterocycles. The van der Waals surface area contributed by atoms with Gasteiger partial charge in [0.05, 0.1) is 18.1 Å². The molecule has 1 unspecified atom stereocenters. The van der Waals surface area contributed by atoms with E-state index in [1.807, 2.05) is 4.90 Å². The Balaban J connectivity index is 2.01. The van der Waals surface area contributed by atoms with Crippen LogP contribution in [0.5, 0.6) is 0 Å². The molecule has 1 fully saturated rings. The topological polar surface area (TPSA) is 57.7 Å². The van der Waals surface area contributed by atoms with E-state index in [9.17, 15) is 4.39 Å². The number of nitrogens with one attached hydrogen (secondary N) is 1. The highest BCUT2D eigenvalue weighted by Crippen LogP contribution is 2.34. The van der Waals surface area contributed by atoms with Gasteiger partial charge in [0.1, 0.15) is 18.3 Å². The van der Waals surface area contributed by atoms with Crippen LogP contribution in [-0.4, -0.2) is 39.4 Å². The number of hydrogen-bond donors (Lipinski definition) is 1. The lowest BCUT2D eigenvalue weighted by Crippen LogP contribution is -2.46. The average molecular weight is 249 g/mol. The summed E-state index contributed by atoms with van der Waals surface area (Å²) in [7, 11) is 0. The molecule has 0 aromatic carbocycles. The van der Waals surface area contributed by atoms with Gasteiger partial charge in [-0.1, -0.05) is 13.8 Å². The summed E-state index contributed by atoms with van der Waals surface area (Å²) in [6, 6.07) is 0. The van der Waals surface area contributed by atoms with Crippen LogP contribution in [0.2, 0.25) is 0 Å². The van der Waals surface area contributed by atoms with Crippen LogP contribution in [0.1, 0.15) is 20.3 Å². The minimum absolute atomic E-state index is 0.0430. The molecular weight excluding hydrogens is 233 g/mol. The van der Waals surface area contributed by atoms with Crippen molar-refractivity contribution in [3.63, 3.8) is 0 Å². The van der Waals surface area contributed by atoms with Gasteiger partial charge in [-0.3, -0.25) is 5.10 Å². The van der Waals surface area contributed by atoms with Gasteiger partial charge in [-0.2, -0.15) is 5.10 Å². The zero-order valence-corrected chi connectivity index (χ0v) is 10.5. The van der Waals surface area contributed by atoms with Crippen LogP contribution in [-0.2, 0) is 0 Å². The van der Waals surface area contributed by atoms with Crippen molar-refractivity contribution in [2.45, 2.75) is 26.4 Å². The molecule has 2 aromatic rings. The number of H-pyrrole nitrogens is 1. The van der Waals surface area contributed by atoms with Crippen LogP contribution in [0, 0.1) is 5.41 Å². The Bertz CT molecular complexity index is 564. The molecule has 0 saturated carbocycles. The van der Waals surface area contributed by atoms with E-state index in [-0.39, 0.29) is 5.41 Å². The van der Waals surface area contributed by atoms with Crippen LogP contribution in [0.15, 0.2) is 12.5 Å². The van der Waals surface area contributed by atoms with Crippen LogP contribution in [0.4, 0.5) is 10.2 Å². The maximum atomic E-state index is 13.8. The Morgan fingerprint density at radius 3 is 3.06 bits per heavy atom. The first kappa shape index (κ1) is 11.4. The molecule has 0 radical (unpaired) electrons. The van der Waals surface area contributed by atoms with E-state index >= 15 is 0 Å². The molecule has 6 heteroatoms. The van der Waals surface area contributed by atoms with Crippen molar-refractivity contribution in [1.82, 2.24) is 20.2 Å². The number of aromatic amines is 1. The lowest BCUT2D eigenvalue weighted by Gasteiger charge is -2.40. The largest absolute Gasteiger partial charge is 0.352 e. The lowest BCUT2D eigenvalue weighted by atomic mass is 9.83. The van der Waals surface area contributed by atoms with Crippen molar-refractivity contribution in [2.24, 2.45) is 5.41 Å². The number of halogens is 1. The van der Waals surface area contributed by atoms with Gasteiger partial charge >= 0.3 is 0 Å². The Labute approximate surface area is 104 Å². The Kier molecular flexibility index (Phi) is 2.46. The fourth-order valence-corrected chi connectivity index (χ4v) is 2.71. The second-order valence-corrected chi connectivity index (χ2v) is 5.68. The SMILES string of the molecule is CC1(C)CC(F)CN(c2ncnc3[nH]ncc23)C1. The smallest absolute Gasteiger partial charge is 0.160 e. The molecule has 0 spiro atoms. The van der Waals surface area contributed by atoms with Crippen molar-refractivity contribution in [3.8, 4) is 0 Å². The van der Waals surface area contributed by atoms with E-state index < -0.39 is 6.17 Å². The van der Waals surface area contributed by atoms with Crippen LogP contribution in [0.3, 0.4) is 0 Å². The van der Waals surface area contributed by atoms with Gasteiger partial charge in [-0.25, -0.2) is 14.4 Å². The molecule has 96 valence electrons. The number of hydrogen-bond acceptors (Lipinski definition) is 4. The Morgan fingerprint density at radius 2 is 2.28 bits per heavy atom. The molecule has 18 heavy (non-hydrogen) atoms. The first-order chi connectivity index (χ1) is 8.55. The summed E-state index contributed by atoms with van der Waals surface area (Å²) >= 11 is 0. The van der Waals surface area contributed by atoms with Crippen molar-refractivity contribution in [1.29, 1.82) is 0 Å². The van der Waals surface area contributed by atoms with E-state index in [0.717, 1.165) is 17.7 Å². The predicted molar refractivity (Wildman–Crippen MR) is 67.2 cm³/mol. The second kappa shape index (κ2) is 3.90. The van der Waals surface area contributed by atoms with Crippen molar-refractivity contribution in [3.05, 3.63) is 12.5 Å². The zero-order valence-electron chi connectivity index (χ0n) is 10.5. The first-order valence-electron chi connectivity index (χ1n) is 6.08. The predicted octanol–water partition coefficient (Wildman–Crippen LogP) is 1.93. The van der Waals surface area contributed by atoms with Crippen LogP contribution >= 0.6 is 0 Å². The third-order valence-corrected chi connectivity index (χ3v) is 3.34. The van der Waals surface area contributed by atoms with Crippen molar-refractivity contribution < 1.29 is 4.39 Å². The summed E-state index contributed by atoms with van der Waals surface area (Å²) in [5.74, 6) is 0.768.